The lowest BCUT2D eigenvalue weighted by Gasteiger charge is -2.06. The standard InChI is InChI=1S/C28H35NO3/c1-3-5-7-9-11-21-31-25-16-12-23(13-17-25)27-22-28(32-29-27)24-14-18-26(19-15-24)30-20-10-8-6-4-2/h4,12-19,22H,2-3,5-11,20-21H2,1H3. The minimum absolute atomic E-state index is 0.720. The largest absolute Gasteiger partial charge is 0.494 e. The Kier molecular flexibility index (Phi) is 9.91. The molecule has 32 heavy (non-hydrogen) atoms. The highest BCUT2D eigenvalue weighted by atomic mass is 16.5. The third-order valence-corrected chi connectivity index (χ3v) is 5.39. The summed E-state index contributed by atoms with van der Waals surface area (Å²) in [6.07, 6.45) is 11.3. The predicted octanol–water partition coefficient (Wildman–Crippen LogP) is 8.09. The molecule has 3 rings (SSSR count). The van der Waals surface area contributed by atoms with Gasteiger partial charge in [0.1, 0.15) is 17.2 Å². The average molecular weight is 434 g/mol. The lowest BCUT2D eigenvalue weighted by atomic mass is 10.1. The molecule has 3 aromatic rings. The van der Waals surface area contributed by atoms with Crippen LogP contribution in [0.5, 0.6) is 11.5 Å². The second-order valence-corrected chi connectivity index (χ2v) is 8.02. The molecule has 0 saturated heterocycles. The van der Waals surface area contributed by atoms with Crippen molar-refractivity contribution in [2.75, 3.05) is 13.2 Å². The van der Waals surface area contributed by atoms with E-state index in [1.165, 1.54) is 25.7 Å². The summed E-state index contributed by atoms with van der Waals surface area (Å²) in [6, 6.07) is 18.0. The summed E-state index contributed by atoms with van der Waals surface area (Å²) in [5.41, 5.74) is 2.80. The lowest BCUT2D eigenvalue weighted by Crippen LogP contribution is -1.97. The van der Waals surface area contributed by atoms with Gasteiger partial charge >= 0.3 is 0 Å². The van der Waals surface area contributed by atoms with Gasteiger partial charge in [0.2, 0.25) is 0 Å². The van der Waals surface area contributed by atoms with Gasteiger partial charge in [-0.25, -0.2) is 0 Å². The minimum atomic E-state index is 0.720. The molecule has 0 fully saturated rings. The fourth-order valence-corrected chi connectivity index (χ4v) is 3.46. The molecule has 1 aromatic heterocycles. The molecule has 0 aliphatic heterocycles. The van der Waals surface area contributed by atoms with Crippen molar-refractivity contribution in [3.63, 3.8) is 0 Å². The fraction of sp³-hybridized carbons (Fsp3) is 0.393. The maximum Gasteiger partial charge on any atom is 0.167 e. The highest BCUT2D eigenvalue weighted by molar-refractivity contribution is 5.67. The van der Waals surface area contributed by atoms with Gasteiger partial charge in [0.05, 0.1) is 13.2 Å². The van der Waals surface area contributed by atoms with Crippen LogP contribution in [-0.2, 0) is 0 Å². The molecule has 0 unspecified atom stereocenters. The van der Waals surface area contributed by atoms with Gasteiger partial charge in [-0.15, -0.1) is 6.58 Å². The third-order valence-electron chi connectivity index (χ3n) is 5.39. The van der Waals surface area contributed by atoms with Crippen molar-refractivity contribution in [1.29, 1.82) is 0 Å². The highest BCUT2D eigenvalue weighted by Gasteiger charge is 2.09. The Morgan fingerprint density at radius 1 is 0.781 bits per heavy atom. The molecule has 4 heteroatoms. The van der Waals surface area contributed by atoms with E-state index in [9.17, 15) is 0 Å². The second-order valence-electron chi connectivity index (χ2n) is 8.02. The van der Waals surface area contributed by atoms with Crippen molar-refractivity contribution in [3.05, 3.63) is 67.3 Å². The number of benzene rings is 2. The number of aromatic nitrogens is 1. The van der Waals surface area contributed by atoms with Crippen molar-refractivity contribution >= 4 is 0 Å². The molecule has 0 aliphatic carbocycles. The van der Waals surface area contributed by atoms with E-state index in [2.05, 4.69) is 18.7 Å². The molecule has 0 N–H and O–H groups in total. The zero-order valence-corrected chi connectivity index (χ0v) is 19.2. The first-order valence-corrected chi connectivity index (χ1v) is 11.8. The van der Waals surface area contributed by atoms with Crippen LogP contribution in [0.4, 0.5) is 0 Å². The molecule has 0 atom stereocenters. The first kappa shape index (κ1) is 23.6. The molecule has 0 spiro atoms. The summed E-state index contributed by atoms with van der Waals surface area (Å²) in [5.74, 6) is 2.51. The van der Waals surface area contributed by atoms with Gasteiger partial charge in [0.15, 0.2) is 5.76 Å². The topological polar surface area (TPSA) is 44.5 Å². The Labute approximate surface area is 192 Å². The van der Waals surface area contributed by atoms with E-state index in [0.717, 1.165) is 73.0 Å². The molecule has 170 valence electrons. The van der Waals surface area contributed by atoms with Crippen LogP contribution in [-0.4, -0.2) is 18.4 Å². The van der Waals surface area contributed by atoms with E-state index < -0.39 is 0 Å². The number of nitrogens with zero attached hydrogens (tertiary/aromatic N) is 1. The zero-order valence-electron chi connectivity index (χ0n) is 19.2. The van der Waals surface area contributed by atoms with E-state index >= 15 is 0 Å². The van der Waals surface area contributed by atoms with Gasteiger partial charge in [0.25, 0.3) is 0 Å². The molecular formula is C28H35NO3. The number of hydrogen-bond acceptors (Lipinski definition) is 4. The second kappa shape index (κ2) is 13.4. The lowest BCUT2D eigenvalue weighted by molar-refractivity contribution is 0.304. The van der Waals surface area contributed by atoms with E-state index in [0.29, 0.717) is 0 Å². The summed E-state index contributed by atoms with van der Waals surface area (Å²) >= 11 is 0. The number of allylic oxidation sites excluding steroid dienone is 1. The van der Waals surface area contributed by atoms with Gasteiger partial charge in [-0.2, -0.15) is 0 Å². The first-order chi connectivity index (χ1) is 15.8. The van der Waals surface area contributed by atoms with Crippen LogP contribution in [0.15, 0.2) is 71.8 Å². The Hall–Kier alpha value is -3.01. The number of unbranched alkanes of at least 4 members (excludes halogenated alkanes) is 6. The third kappa shape index (κ3) is 7.60. The molecular weight excluding hydrogens is 398 g/mol. The number of rotatable bonds is 15. The molecule has 0 saturated carbocycles. The summed E-state index contributed by atoms with van der Waals surface area (Å²) in [6.45, 7) is 7.46. The van der Waals surface area contributed by atoms with E-state index in [1.54, 1.807) is 0 Å². The van der Waals surface area contributed by atoms with Crippen molar-refractivity contribution in [2.45, 2.75) is 58.3 Å². The average Bonchev–Trinajstić information content (AvgIpc) is 3.32. The Morgan fingerprint density at radius 2 is 1.38 bits per heavy atom. The van der Waals surface area contributed by atoms with Crippen molar-refractivity contribution < 1.29 is 14.0 Å². The predicted molar refractivity (Wildman–Crippen MR) is 131 cm³/mol. The van der Waals surface area contributed by atoms with Crippen LogP contribution in [0.3, 0.4) is 0 Å². The molecule has 0 aliphatic rings. The van der Waals surface area contributed by atoms with E-state index in [1.807, 2.05) is 60.7 Å². The normalized spacial score (nSPS) is 10.8. The zero-order chi connectivity index (χ0) is 22.4. The van der Waals surface area contributed by atoms with Gasteiger partial charge in [-0.3, -0.25) is 0 Å². The van der Waals surface area contributed by atoms with Crippen LogP contribution in [0, 0.1) is 0 Å². The Bertz CT molecular complexity index is 913. The van der Waals surface area contributed by atoms with Crippen LogP contribution >= 0.6 is 0 Å². The van der Waals surface area contributed by atoms with E-state index in [4.69, 9.17) is 14.0 Å². The Balaban J connectivity index is 1.49. The van der Waals surface area contributed by atoms with Crippen molar-refractivity contribution in [1.82, 2.24) is 5.16 Å². The molecule has 2 aromatic carbocycles. The minimum Gasteiger partial charge on any atom is -0.494 e. The summed E-state index contributed by atoms with van der Waals surface area (Å²) in [7, 11) is 0. The fourth-order valence-electron chi connectivity index (χ4n) is 3.46. The van der Waals surface area contributed by atoms with Gasteiger partial charge in [-0.05, 0) is 74.2 Å². The van der Waals surface area contributed by atoms with Crippen LogP contribution < -0.4 is 9.47 Å². The molecule has 0 amide bonds. The maximum absolute atomic E-state index is 5.85. The smallest absolute Gasteiger partial charge is 0.167 e. The summed E-state index contributed by atoms with van der Waals surface area (Å²) < 4.78 is 17.2. The molecule has 0 bridgehead atoms. The van der Waals surface area contributed by atoms with Gasteiger partial charge in [0, 0.05) is 17.2 Å². The van der Waals surface area contributed by atoms with Crippen LogP contribution in [0.1, 0.15) is 58.3 Å². The van der Waals surface area contributed by atoms with Crippen molar-refractivity contribution in [3.8, 4) is 34.1 Å². The summed E-state index contributed by atoms with van der Waals surface area (Å²) in [4.78, 5) is 0. The highest BCUT2D eigenvalue weighted by Crippen LogP contribution is 2.28. The molecule has 4 nitrogen and oxygen atoms in total. The monoisotopic (exact) mass is 433 g/mol. The van der Waals surface area contributed by atoms with Gasteiger partial charge < -0.3 is 14.0 Å². The van der Waals surface area contributed by atoms with Crippen LogP contribution in [0.25, 0.3) is 22.6 Å². The number of ether oxygens (including phenoxy) is 2. The SMILES string of the molecule is C=CCCCCOc1ccc(-c2cc(-c3ccc(OCCCCCCC)cc3)no2)cc1. The number of hydrogen-bond donors (Lipinski definition) is 0. The van der Waals surface area contributed by atoms with Crippen molar-refractivity contribution in [2.24, 2.45) is 0 Å². The molecule has 0 radical (unpaired) electrons. The summed E-state index contributed by atoms with van der Waals surface area (Å²) in [5, 5.41) is 4.24. The molecule has 1 heterocycles. The van der Waals surface area contributed by atoms with Gasteiger partial charge in [-0.1, -0.05) is 43.8 Å². The first-order valence-electron chi connectivity index (χ1n) is 11.8. The quantitative estimate of drug-likeness (QED) is 0.179. The Morgan fingerprint density at radius 3 is 2.00 bits per heavy atom. The van der Waals surface area contributed by atoms with E-state index in [-0.39, 0.29) is 0 Å². The maximum atomic E-state index is 5.85. The van der Waals surface area contributed by atoms with Crippen LogP contribution in [0.2, 0.25) is 0 Å².